The van der Waals surface area contributed by atoms with E-state index >= 15 is 0 Å². The van der Waals surface area contributed by atoms with Gasteiger partial charge in [-0.05, 0) is 37.0 Å². The summed E-state index contributed by atoms with van der Waals surface area (Å²) in [5, 5.41) is 4.71. The van der Waals surface area contributed by atoms with Gasteiger partial charge in [0.05, 0.1) is 5.56 Å². The number of hydrogen-bond donors (Lipinski definition) is 1. The average Bonchev–Trinajstić information content (AvgIpc) is 3.44. The first-order chi connectivity index (χ1) is 14.8. The Labute approximate surface area is 179 Å². The lowest BCUT2D eigenvalue weighted by Crippen LogP contribution is -2.25. The van der Waals surface area contributed by atoms with Crippen molar-refractivity contribution in [2.45, 2.75) is 25.6 Å². The van der Waals surface area contributed by atoms with Crippen LogP contribution in [0.3, 0.4) is 0 Å². The number of nitrogens with one attached hydrogen (secondary N) is 1. The lowest BCUT2D eigenvalue weighted by Gasteiger charge is -2.13. The number of amides is 1. The number of ether oxygens (including phenoxy) is 1. The van der Waals surface area contributed by atoms with Crippen LogP contribution in [-0.4, -0.2) is 17.4 Å². The second-order valence-corrected chi connectivity index (χ2v) is 8.13. The monoisotopic (exact) mass is 450 g/mol. The number of hydrogen-bond acceptors (Lipinski definition) is 4. The molecule has 4 nitrogen and oxygen atoms in total. The van der Waals surface area contributed by atoms with Gasteiger partial charge in [0.1, 0.15) is 28.9 Å². The summed E-state index contributed by atoms with van der Waals surface area (Å²) < 4.78 is 59.2. The molecule has 0 atom stereocenters. The van der Waals surface area contributed by atoms with Crippen molar-refractivity contribution in [3.05, 3.63) is 70.5 Å². The molecule has 3 aromatic rings. The molecule has 1 aliphatic rings. The van der Waals surface area contributed by atoms with Crippen LogP contribution in [0.1, 0.15) is 34.5 Å². The Morgan fingerprint density at radius 3 is 2.68 bits per heavy atom. The van der Waals surface area contributed by atoms with Crippen LogP contribution in [0.2, 0.25) is 0 Å². The molecule has 1 amide bonds. The van der Waals surface area contributed by atoms with E-state index in [1.165, 1.54) is 30.3 Å². The smallest absolute Gasteiger partial charge is 0.416 e. The number of rotatable bonds is 7. The van der Waals surface area contributed by atoms with Gasteiger partial charge in [0.2, 0.25) is 0 Å². The van der Waals surface area contributed by atoms with Gasteiger partial charge in [-0.3, -0.25) is 4.79 Å². The number of nitrogens with zero attached hydrogens (tertiary/aromatic N) is 1. The van der Waals surface area contributed by atoms with Crippen LogP contribution < -0.4 is 10.1 Å². The first-order valence-electron chi connectivity index (χ1n) is 9.63. The van der Waals surface area contributed by atoms with Crippen LogP contribution in [-0.2, 0) is 12.8 Å². The highest BCUT2D eigenvalue weighted by Gasteiger charge is 2.33. The van der Waals surface area contributed by atoms with Gasteiger partial charge in [0.25, 0.3) is 5.91 Å². The topological polar surface area (TPSA) is 51.2 Å². The van der Waals surface area contributed by atoms with Crippen LogP contribution in [0.25, 0.3) is 10.6 Å². The standard InChI is InChI=1S/C22H18F4N2O2S/c23-18-9-15(30-11-14-3-1-2-4-17(14)22(24,25)26)7-8-16(18)21-28-19(12-31-21)20(29)27-10-13-5-6-13/h1-4,7-9,12-13H,5-6,10-11H2,(H,27,29). The summed E-state index contributed by atoms with van der Waals surface area (Å²) in [4.78, 5) is 16.3. The third-order valence-corrected chi connectivity index (χ3v) is 5.75. The van der Waals surface area contributed by atoms with Gasteiger partial charge >= 0.3 is 6.18 Å². The third-order valence-electron chi connectivity index (χ3n) is 4.87. The molecule has 0 aliphatic heterocycles. The maximum absolute atomic E-state index is 14.6. The molecule has 0 unspecified atom stereocenters. The molecule has 31 heavy (non-hydrogen) atoms. The van der Waals surface area contributed by atoms with Gasteiger partial charge in [-0.1, -0.05) is 18.2 Å². The molecule has 2 aromatic carbocycles. The Morgan fingerprint density at radius 2 is 1.97 bits per heavy atom. The second-order valence-electron chi connectivity index (χ2n) is 7.28. The fraction of sp³-hybridized carbons (Fsp3) is 0.273. The minimum Gasteiger partial charge on any atom is -0.489 e. The van der Waals surface area contributed by atoms with Crippen molar-refractivity contribution in [1.82, 2.24) is 10.3 Å². The fourth-order valence-corrected chi connectivity index (χ4v) is 3.82. The maximum Gasteiger partial charge on any atom is 0.416 e. The Bertz CT molecular complexity index is 1090. The number of aromatic nitrogens is 1. The van der Waals surface area contributed by atoms with E-state index in [1.54, 1.807) is 5.38 Å². The zero-order valence-corrected chi connectivity index (χ0v) is 17.0. The van der Waals surface area contributed by atoms with E-state index in [2.05, 4.69) is 10.3 Å². The number of carbonyl (C=O) groups is 1. The lowest BCUT2D eigenvalue weighted by atomic mass is 10.1. The van der Waals surface area contributed by atoms with E-state index in [0.29, 0.717) is 17.5 Å². The van der Waals surface area contributed by atoms with Crippen molar-refractivity contribution in [1.29, 1.82) is 0 Å². The Balaban J connectivity index is 1.44. The molecule has 1 saturated carbocycles. The van der Waals surface area contributed by atoms with Crippen LogP contribution in [0.4, 0.5) is 17.6 Å². The summed E-state index contributed by atoms with van der Waals surface area (Å²) in [5.41, 5.74) is -0.415. The molecule has 0 saturated heterocycles. The summed E-state index contributed by atoms with van der Waals surface area (Å²) in [6.45, 7) is 0.264. The van der Waals surface area contributed by atoms with Crippen LogP contribution >= 0.6 is 11.3 Å². The Hall–Kier alpha value is -2.94. The summed E-state index contributed by atoms with van der Waals surface area (Å²) in [5.74, 6) is -0.300. The summed E-state index contributed by atoms with van der Waals surface area (Å²) >= 11 is 1.14. The summed E-state index contributed by atoms with van der Waals surface area (Å²) in [6.07, 6.45) is -2.27. The predicted octanol–water partition coefficient (Wildman–Crippen LogP) is 5.69. The van der Waals surface area contributed by atoms with Gasteiger partial charge in [0, 0.05) is 29.1 Å². The molecule has 4 rings (SSSR count). The van der Waals surface area contributed by atoms with E-state index in [9.17, 15) is 22.4 Å². The zero-order valence-electron chi connectivity index (χ0n) is 16.2. The van der Waals surface area contributed by atoms with Crippen molar-refractivity contribution in [3.63, 3.8) is 0 Å². The number of benzene rings is 2. The molecule has 162 valence electrons. The minimum atomic E-state index is -4.50. The molecule has 1 aliphatic carbocycles. The quantitative estimate of drug-likeness (QED) is 0.471. The predicted molar refractivity (Wildman–Crippen MR) is 108 cm³/mol. The molecular formula is C22H18F4N2O2S. The molecule has 0 spiro atoms. The SMILES string of the molecule is O=C(NCC1CC1)c1csc(-c2ccc(OCc3ccccc3C(F)(F)F)cc2F)n1. The van der Waals surface area contributed by atoms with Crippen LogP contribution in [0, 0.1) is 11.7 Å². The van der Waals surface area contributed by atoms with Crippen LogP contribution in [0.15, 0.2) is 47.8 Å². The van der Waals surface area contributed by atoms with Gasteiger partial charge in [0.15, 0.2) is 0 Å². The van der Waals surface area contributed by atoms with Gasteiger partial charge in [-0.15, -0.1) is 11.3 Å². The van der Waals surface area contributed by atoms with Crippen molar-refractivity contribution >= 4 is 17.2 Å². The third kappa shape index (κ3) is 5.22. The fourth-order valence-electron chi connectivity index (χ4n) is 2.99. The van der Waals surface area contributed by atoms with E-state index < -0.39 is 17.6 Å². The van der Waals surface area contributed by atoms with Crippen molar-refractivity contribution < 1.29 is 27.1 Å². The minimum absolute atomic E-state index is 0.0405. The van der Waals surface area contributed by atoms with Gasteiger partial charge < -0.3 is 10.1 Å². The normalized spacial score (nSPS) is 13.8. The molecule has 1 N–H and O–H groups in total. The van der Waals surface area contributed by atoms with E-state index in [0.717, 1.165) is 36.3 Å². The van der Waals surface area contributed by atoms with Crippen LogP contribution in [0.5, 0.6) is 5.75 Å². The number of alkyl halides is 3. The highest BCUT2D eigenvalue weighted by Crippen LogP contribution is 2.33. The van der Waals surface area contributed by atoms with Gasteiger partial charge in [-0.25, -0.2) is 9.37 Å². The summed E-state index contributed by atoms with van der Waals surface area (Å²) in [7, 11) is 0. The number of carbonyl (C=O) groups excluding carboxylic acids is 1. The van der Waals surface area contributed by atoms with E-state index in [1.807, 2.05) is 0 Å². The highest BCUT2D eigenvalue weighted by molar-refractivity contribution is 7.13. The van der Waals surface area contributed by atoms with Crippen molar-refractivity contribution in [3.8, 4) is 16.3 Å². The first-order valence-corrected chi connectivity index (χ1v) is 10.5. The molecule has 0 radical (unpaired) electrons. The van der Waals surface area contributed by atoms with Crippen molar-refractivity contribution in [2.24, 2.45) is 5.92 Å². The van der Waals surface area contributed by atoms with E-state index in [-0.39, 0.29) is 35.1 Å². The molecule has 1 heterocycles. The summed E-state index contributed by atoms with van der Waals surface area (Å²) in [6, 6.07) is 9.07. The Kier molecular flexibility index (Phi) is 5.95. The molecule has 0 bridgehead atoms. The van der Waals surface area contributed by atoms with Gasteiger partial charge in [-0.2, -0.15) is 13.2 Å². The van der Waals surface area contributed by atoms with Crippen molar-refractivity contribution in [2.75, 3.05) is 6.54 Å². The largest absolute Gasteiger partial charge is 0.489 e. The molecular weight excluding hydrogens is 432 g/mol. The molecule has 1 aromatic heterocycles. The van der Waals surface area contributed by atoms with E-state index in [4.69, 9.17) is 4.74 Å². The number of halogens is 4. The highest BCUT2D eigenvalue weighted by atomic mass is 32.1. The zero-order chi connectivity index (χ0) is 22.0. The Morgan fingerprint density at radius 1 is 1.19 bits per heavy atom. The molecule has 1 fully saturated rings. The second kappa shape index (κ2) is 8.66. The number of thiazole rings is 1. The molecule has 9 heteroatoms. The average molecular weight is 450 g/mol. The first kappa shape index (κ1) is 21.3. The maximum atomic E-state index is 14.6. The lowest BCUT2D eigenvalue weighted by molar-refractivity contribution is -0.138.